The quantitative estimate of drug-likeness (QED) is 0.614. The molecule has 0 spiro atoms. The van der Waals surface area contributed by atoms with E-state index in [0.717, 1.165) is 51.4 Å². The minimum absolute atomic E-state index is 0.143. The average Bonchev–Trinajstić information content (AvgIpc) is 2.41. The van der Waals surface area contributed by atoms with E-state index in [9.17, 15) is 20.0 Å². The van der Waals surface area contributed by atoms with Gasteiger partial charge in [-0.1, -0.05) is 26.2 Å². The number of rotatable bonds is 5. The second kappa shape index (κ2) is 8.93. The first-order chi connectivity index (χ1) is 9.56. The third-order valence-corrected chi connectivity index (χ3v) is 4.51. The van der Waals surface area contributed by atoms with E-state index >= 15 is 0 Å². The average molecular weight is 285 g/mol. The highest BCUT2D eigenvalue weighted by atomic mass is 16.6. The standard InChI is InChI=1S/C15H27NO4/c1-2-7-14(15(17)18)12-8-3-5-10-13(16(19)20)11-6-4-9-12/h12-14H,2-11H2,1H3,(H,17,18). The normalized spacial score (nSPS) is 26.6. The Kier molecular flexibility index (Phi) is 7.55. The zero-order valence-corrected chi connectivity index (χ0v) is 12.4. The Hall–Kier alpha value is -1.13. The van der Waals surface area contributed by atoms with Gasteiger partial charge < -0.3 is 5.11 Å². The van der Waals surface area contributed by atoms with Crippen LogP contribution in [0.5, 0.6) is 0 Å². The maximum Gasteiger partial charge on any atom is 0.306 e. The molecule has 1 saturated carbocycles. The van der Waals surface area contributed by atoms with Crippen molar-refractivity contribution in [2.75, 3.05) is 0 Å². The first-order valence-corrected chi connectivity index (χ1v) is 7.92. The molecule has 116 valence electrons. The van der Waals surface area contributed by atoms with Crippen molar-refractivity contribution in [3.05, 3.63) is 10.1 Å². The molecule has 0 aromatic carbocycles. The Morgan fingerprint density at radius 2 is 1.70 bits per heavy atom. The molecule has 0 saturated heterocycles. The lowest BCUT2D eigenvalue weighted by Gasteiger charge is -2.25. The van der Waals surface area contributed by atoms with Gasteiger partial charge in [-0.15, -0.1) is 0 Å². The van der Waals surface area contributed by atoms with Gasteiger partial charge in [-0.3, -0.25) is 14.9 Å². The Morgan fingerprint density at radius 3 is 2.10 bits per heavy atom. The molecule has 20 heavy (non-hydrogen) atoms. The van der Waals surface area contributed by atoms with Gasteiger partial charge in [0, 0.05) is 17.8 Å². The summed E-state index contributed by atoms with van der Waals surface area (Å²) >= 11 is 0. The summed E-state index contributed by atoms with van der Waals surface area (Å²) in [6.45, 7) is 2.03. The van der Waals surface area contributed by atoms with Crippen molar-refractivity contribution in [3.8, 4) is 0 Å². The molecule has 1 aliphatic carbocycles. The zero-order valence-electron chi connectivity index (χ0n) is 12.4. The first kappa shape index (κ1) is 16.9. The van der Waals surface area contributed by atoms with Crippen molar-refractivity contribution in [2.24, 2.45) is 11.8 Å². The van der Waals surface area contributed by atoms with Gasteiger partial charge in [0.2, 0.25) is 6.04 Å². The summed E-state index contributed by atoms with van der Waals surface area (Å²) in [5.41, 5.74) is 0. The van der Waals surface area contributed by atoms with Gasteiger partial charge in [-0.05, 0) is 38.0 Å². The predicted octanol–water partition coefficient (Wildman–Crippen LogP) is 3.88. The molecular formula is C15H27NO4. The third-order valence-electron chi connectivity index (χ3n) is 4.51. The predicted molar refractivity (Wildman–Crippen MR) is 77.2 cm³/mol. The van der Waals surface area contributed by atoms with Crippen molar-refractivity contribution in [1.82, 2.24) is 0 Å². The van der Waals surface area contributed by atoms with Crippen LogP contribution in [0.2, 0.25) is 0 Å². The third kappa shape index (κ3) is 5.47. The van der Waals surface area contributed by atoms with Crippen LogP contribution >= 0.6 is 0 Å². The smallest absolute Gasteiger partial charge is 0.306 e. The maximum absolute atomic E-state index is 11.4. The summed E-state index contributed by atoms with van der Waals surface area (Å²) in [5, 5.41) is 20.3. The van der Waals surface area contributed by atoms with E-state index in [4.69, 9.17) is 0 Å². The van der Waals surface area contributed by atoms with Gasteiger partial charge in [0.15, 0.2) is 0 Å². The lowest BCUT2D eigenvalue weighted by atomic mass is 9.80. The van der Waals surface area contributed by atoms with Gasteiger partial charge in [-0.2, -0.15) is 0 Å². The van der Waals surface area contributed by atoms with E-state index in [-0.39, 0.29) is 16.8 Å². The molecule has 0 heterocycles. The number of carboxylic acids is 1. The van der Waals surface area contributed by atoms with Gasteiger partial charge in [-0.25, -0.2) is 0 Å². The summed E-state index contributed by atoms with van der Waals surface area (Å²) in [6.07, 6.45) is 8.28. The fourth-order valence-corrected chi connectivity index (χ4v) is 3.35. The molecule has 0 aliphatic heterocycles. The Bertz CT molecular complexity index is 307. The fraction of sp³-hybridized carbons (Fsp3) is 0.933. The highest BCUT2D eigenvalue weighted by Crippen LogP contribution is 2.30. The topological polar surface area (TPSA) is 80.4 Å². The number of carbonyl (C=O) groups is 1. The number of hydrogen-bond acceptors (Lipinski definition) is 3. The van der Waals surface area contributed by atoms with Crippen LogP contribution in [0.25, 0.3) is 0 Å². The van der Waals surface area contributed by atoms with Crippen LogP contribution in [0, 0.1) is 22.0 Å². The van der Waals surface area contributed by atoms with Gasteiger partial charge in [0.25, 0.3) is 0 Å². The van der Waals surface area contributed by atoms with E-state index in [2.05, 4.69) is 0 Å². The number of nitro groups is 1. The second-order valence-corrected chi connectivity index (χ2v) is 6.00. The largest absolute Gasteiger partial charge is 0.481 e. The SMILES string of the molecule is CCCC(C(=O)O)C1CCCCC([N+](=O)[O-])CCCC1. The zero-order chi connectivity index (χ0) is 15.0. The van der Waals surface area contributed by atoms with Crippen LogP contribution in [0.3, 0.4) is 0 Å². The molecule has 1 atom stereocenters. The highest BCUT2D eigenvalue weighted by molar-refractivity contribution is 5.70. The van der Waals surface area contributed by atoms with Crippen LogP contribution in [0.1, 0.15) is 71.1 Å². The lowest BCUT2D eigenvalue weighted by molar-refractivity contribution is -0.524. The van der Waals surface area contributed by atoms with Crippen LogP contribution in [-0.4, -0.2) is 22.0 Å². The van der Waals surface area contributed by atoms with E-state index in [0.29, 0.717) is 12.8 Å². The Balaban J connectivity index is 2.56. The van der Waals surface area contributed by atoms with Gasteiger partial charge in [0.1, 0.15) is 0 Å². The minimum Gasteiger partial charge on any atom is -0.481 e. The summed E-state index contributed by atoms with van der Waals surface area (Å²) < 4.78 is 0. The number of hydrogen-bond donors (Lipinski definition) is 1. The monoisotopic (exact) mass is 285 g/mol. The summed E-state index contributed by atoms with van der Waals surface area (Å²) in [6, 6.07) is -0.391. The molecule has 5 nitrogen and oxygen atoms in total. The molecule has 0 aromatic rings. The van der Waals surface area contributed by atoms with Crippen molar-refractivity contribution in [3.63, 3.8) is 0 Å². The molecule has 1 fully saturated rings. The number of nitrogens with zero attached hydrogens (tertiary/aromatic N) is 1. The second-order valence-electron chi connectivity index (χ2n) is 6.00. The number of carboxylic acid groups (broad SMARTS) is 1. The molecule has 5 heteroatoms. The van der Waals surface area contributed by atoms with E-state index < -0.39 is 12.0 Å². The maximum atomic E-state index is 11.4. The van der Waals surface area contributed by atoms with Gasteiger partial charge in [0.05, 0.1) is 5.92 Å². The van der Waals surface area contributed by atoms with E-state index in [1.54, 1.807) is 0 Å². The molecule has 1 rings (SSSR count). The fourth-order valence-electron chi connectivity index (χ4n) is 3.35. The minimum atomic E-state index is -0.669. The van der Waals surface area contributed by atoms with Crippen LogP contribution < -0.4 is 0 Å². The Morgan fingerprint density at radius 1 is 1.20 bits per heavy atom. The van der Waals surface area contributed by atoms with Crippen molar-refractivity contribution < 1.29 is 14.8 Å². The molecule has 0 amide bonds. The molecule has 1 unspecified atom stereocenters. The molecule has 0 bridgehead atoms. The first-order valence-electron chi connectivity index (χ1n) is 7.92. The lowest BCUT2D eigenvalue weighted by Crippen LogP contribution is -2.25. The highest BCUT2D eigenvalue weighted by Gasteiger charge is 2.28. The number of aliphatic carboxylic acids is 1. The van der Waals surface area contributed by atoms with Gasteiger partial charge >= 0.3 is 5.97 Å². The van der Waals surface area contributed by atoms with Crippen molar-refractivity contribution >= 4 is 5.97 Å². The Labute approximate surface area is 120 Å². The molecule has 0 radical (unpaired) electrons. The van der Waals surface area contributed by atoms with Crippen molar-refractivity contribution in [2.45, 2.75) is 77.2 Å². The molecule has 0 aromatic heterocycles. The van der Waals surface area contributed by atoms with E-state index in [1.165, 1.54) is 0 Å². The summed E-state index contributed by atoms with van der Waals surface area (Å²) in [5.74, 6) is -0.651. The molecule has 1 aliphatic rings. The van der Waals surface area contributed by atoms with Crippen LogP contribution in [0.15, 0.2) is 0 Å². The summed E-state index contributed by atoms with van der Waals surface area (Å²) in [7, 11) is 0. The van der Waals surface area contributed by atoms with Crippen LogP contribution in [-0.2, 0) is 4.79 Å². The molecular weight excluding hydrogens is 258 g/mol. The molecule has 1 N–H and O–H groups in total. The van der Waals surface area contributed by atoms with E-state index in [1.807, 2.05) is 6.92 Å². The van der Waals surface area contributed by atoms with Crippen LogP contribution in [0.4, 0.5) is 0 Å². The summed E-state index contributed by atoms with van der Waals surface area (Å²) in [4.78, 5) is 22.1. The van der Waals surface area contributed by atoms with Crippen molar-refractivity contribution in [1.29, 1.82) is 0 Å².